The van der Waals surface area contributed by atoms with E-state index in [9.17, 15) is 14.4 Å². The van der Waals surface area contributed by atoms with Crippen LogP contribution in [0.3, 0.4) is 0 Å². The highest BCUT2D eigenvalue weighted by Crippen LogP contribution is 2.24. The molecule has 0 N–H and O–H groups in total. The van der Waals surface area contributed by atoms with Crippen LogP contribution in [-0.4, -0.2) is 74.0 Å². The predicted octanol–water partition coefficient (Wildman–Crippen LogP) is 3.82. The van der Waals surface area contributed by atoms with Crippen molar-refractivity contribution in [2.24, 2.45) is 5.92 Å². The molecule has 0 aliphatic carbocycles. The monoisotopic (exact) mass is 432 g/mol. The van der Waals surface area contributed by atoms with E-state index in [2.05, 4.69) is 11.9 Å². The number of halogens is 1. The second kappa shape index (κ2) is 14.6. The van der Waals surface area contributed by atoms with Crippen LogP contribution in [0.25, 0.3) is 0 Å². The maximum atomic E-state index is 12.2. The summed E-state index contributed by atoms with van der Waals surface area (Å²) in [5, 5.41) is -0.408. The molecule has 0 aromatic rings. The van der Waals surface area contributed by atoms with Crippen molar-refractivity contribution in [2.45, 2.75) is 70.3 Å². The Balaban J connectivity index is 2.62. The maximum absolute atomic E-state index is 12.2. The molecule has 1 rings (SSSR count). The SMILES string of the molecule is COC(=O)CCCCC(CCCCC(=O)OC)N(CC1CCN(C)CC1)C(=O)Cl. The quantitative estimate of drug-likeness (QED) is 0.190. The van der Waals surface area contributed by atoms with Crippen molar-refractivity contribution in [1.29, 1.82) is 0 Å². The standard InChI is InChI=1S/C21H37ClN2O5/c1-23-14-12-17(13-15-23)16-24(21(22)27)18(8-4-6-10-19(25)28-2)9-5-7-11-20(26)29-3/h17-18H,4-16H2,1-3H3. The number of piperidine rings is 1. The zero-order valence-corrected chi connectivity index (χ0v) is 18.9. The predicted molar refractivity (Wildman–Crippen MR) is 113 cm³/mol. The van der Waals surface area contributed by atoms with Crippen molar-refractivity contribution in [3.05, 3.63) is 0 Å². The average molecular weight is 433 g/mol. The first-order valence-electron chi connectivity index (χ1n) is 10.7. The van der Waals surface area contributed by atoms with E-state index in [4.69, 9.17) is 21.1 Å². The van der Waals surface area contributed by atoms with Gasteiger partial charge >= 0.3 is 17.3 Å². The molecule has 0 aromatic carbocycles. The number of hydrogen-bond acceptors (Lipinski definition) is 6. The third-order valence-corrected chi connectivity index (χ3v) is 5.97. The number of rotatable bonds is 13. The summed E-state index contributed by atoms with van der Waals surface area (Å²) < 4.78 is 9.38. The number of esters is 2. The topological polar surface area (TPSA) is 76.2 Å². The zero-order valence-electron chi connectivity index (χ0n) is 18.2. The average Bonchev–Trinajstić information content (AvgIpc) is 2.71. The summed E-state index contributed by atoms with van der Waals surface area (Å²) in [4.78, 5) is 39.0. The minimum Gasteiger partial charge on any atom is -0.469 e. The van der Waals surface area contributed by atoms with Crippen molar-refractivity contribution < 1.29 is 23.9 Å². The van der Waals surface area contributed by atoms with Crippen molar-refractivity contribution in [1.82, 2.24) is 9.80 Å². The summed E-state index contributed by atoms with van der Waals surface area (Å²) in [6.07, 6.45) is 7.58. The van der Waals surface area contributed by atoms with E-state index < -0.39 is 5.37 Å². The van der Waals surface area contributed by atoms with E-state index in [0.717, 1.165) is 64.5 Å². The number of amides is 1. The molecule has 1 fully saturated rings. The Hall–Kier alpha value is -1.34. The number of unbranched alkanes of at least 4 members (excludes halogenated alkanes) is 2. The fraction of sp³-hybridized carbons (Fsp3) is 0.857. The molecule has 1 heterocycles. The highest BCUT2D eigenvalue weighted by atomic mass is 35.5. The van der Waals surface area contributed by atoms with Gasteiger partial charge in [0.1, 0.15) is 0 Å². The van der Waals surface area contributed by atoms with Gasteiger partial charge in [0.25, 0.3) is 0 Å². The minimum absolute atomic E-state index is 0.0231. The van der Waals surface area contributed by atoms with Crippen LogP contribution in [0.4, 0.5) is 4.79 Å². The number of carbonyl (C=O) groups is 3. The Kier molecular flexibility index (Phi) is 12.9. The van der Waals surface area contributed by atoms with Gasteiger partial charge in [0.05, 0.1) is 14.2 Å². The van der Waals surface area contributed by atoms with E-state index >= 15 is 0 Å². The fourth-order valence-electron chi connectivity index (χ4n) is 3.85. The van der Waals surface area contributed by atoms with Gasteiger partial charge in [-0.1, -0.05) is 12.8 Å². The number of hydrogen-bond donors (Lipinski definition) is 0. The van der Waals surface area contributed by atoms with E-state index in [-0.39, 0.29) is 18.0 Å². The molecule has 1 aliphatic heterocycles. The lowest BCUT2D eigenvalue weighted by molar-refractivity contribution is -0.141. The van der Waals surface area contributed by atoms with Crippen molar-refractivity contribution in [3.8, 4) is 0 Å². The minimum atomic E-state index is -0.408. The first kappa shape index (κ1) is 25.7. The molecule has 0 unspecified atom stereocenters. The van der Waals surface area contributed by atoms with E-state index in [1.165, 1.54) is 14.2 Å². The van der Waals surface area contributed by atoms with Crippen molar-refractivity contribution >= 4 is 28.9 Å². The van der Waals surface area contributed by atoms with E-state index in [1.807, 2.05) is 4.90 Å². The molecule has 1 aliphatic rings. The van der Waals surface area contributed by atoms with Crippen LogP contribution in [0.2, 0.25) is 0 Å². The Morgan fingerprint density at radius 1 is 0.966 bits per heavy atom. The largest absolute Gasteiger partial charge is 0.469 e. The van der Waals surface area contributed by atoms with Crippen LogP contribution in [-0.2, 0) is 19.1 Å². The lowest BCUT2D eigenvalue weighted by atomic mass is 9.94. The number of carbonyl (C=O) groups excluding carboxylic acids is 3. The molecule has 8 heteroatoms. The summed E-state index contributed by atoms with van der Waals surface area (Å²) in [5.41, 5.74) is 0. The van der Waals surface area contributed by atoms with E-state index in [0.29, 0.717) is 25.3 Å². The zero-order chi connectivity index (χ0) is 21.6. The Morgan fingerprint density at radius 3 is 1.86 bits per heavy atom. The molecule has 0 aromatic heterocycles. The summed E-state index contributed by atoms with van der Waals surface area (Å²) in [7, 11) is 4.90. The molecule has 0 saturated carbocycles. The number of nitrogens with zero attached hydrogens (tertiary/aromatic N) is 2. The Labute approximate surface area is 180 Å². The molecule has 29 heavy (non-hydrogen) atoms. The highest BCUT2D eigenvalue weighted by Gasteiger charge is 2.27. The summed E-state index contributed by atoms with van der Waals surface area (Å²) in [5.74, 6) is 0.0361. The van der Waals surface area contributed by atoms with Gasteiger partial charge in [0.2, 0.25) is 0 Å². The normalized spacial score (nSPS) is 15.3. The van der Waals surface area contributed by atoms with Crippen LogP contribution >= 0.6 is 11.6 Å². The van der Waals surface area contributed by atoms with E-state index in [1.54, 1.807) is 0 Å². The van der Waals surface area contributed by atoms with Crippen LogP contribution < -0.4 is 0 Å². The summed E-state index contributed by atoms with van der Waals surface area (Å²) in [6.45, 7) is 2.75. The first-order valence-corrected chi connectivity index (χ1v) is 11.0. The second-order valence-electron chi connectivity index (χ2n) is 7.95. The van der Waals surface area contributed by atoms with Gasteiger partial charge in [-0.3, -0.25) is 14.4 Å². The lowest BCUT2D eigenvalue weighted by Gasteiger charge is -2.36. The molecule has 7 nitrogen and oxygen atoms in total. The lowest BCUT2D eigenvalue weighted by Crippen LogP contribution is -2.43. The molecular weight excluding hydrogens is 396 g/mol. The smallest absolute Gasteiger partial charge is 0.316 e. The first-order chi connectivity index (χ1) is 13.9. The molecule has 0 spiro atoms. The van der Waals surface area contributed by atoms with Gasteiger partial charge in [-0.05, 0) is 76.2 Å². The Morgan fingerprint density at radius 2 is 1.45 bits per heavy atom. The summed E-state index contributed by atoms with van der Waals surface area (Å²) >= 11 is 5.99. The number of methoxy groups -OCH3 is 2. The van der Waals surface area contributed by atoms with Gasteiger partial charge in [0, 0.05) is 25.4 Å². The van der Waals surface area contributed by atoms with Crippen LogP contribution in [0.5, 0.6) is 0 Å². The molecule has 0 atom stereocenters. The summed E-state index contributed by atoms with van der Waals surface area (Å²) in [6, 6.07) is 0.0231. The van der Waals surface area contributed by atoms with Gasteiger partial charge in [0.15, 0.2) is 0 Å². The van der Waals surface area contributed by atoms with Gasteiger partial charge in [-0.25, -0.2) is 0 Å². The van der Waals surface area contributed by atoms with Crippen molar-refractivity contribution in [2.75, 3.05) is 40.9 Å². The van der Waals surface area contributed by atoms with Crippen LogP contribution in [0.1, 0.15) is 64.2 Å². The molecule has 168 valence electrons. The van der Waals surface area contributed by atoms with Crippen LogP contribution in [0, 0.1) is 5.92 Å². The Bertz CT molecular complexity index is 485. The molecule has 1 amide bonds. The van der Waals surface area contributed by atoms with Gasteiger partial charge in [-0.15, -0.1) is 0 Å². The maximum Gasteiger partial charge on any atom is 0.316 e. The molecular formula is C21H37ClN2O5. The highest BCUT2D eigenvalue weighted by molar-refractivity contribution is 6.62. The molecule has 0 radical (unpaired) electrons. The van der Waals surface area contributed by atoms with Crippen LogP contribution in [0.15, 0.2) is 0 Å². The molecule has 0 bridgehead atoms. The fourth-order valence-corrected chi connectivity index (χ4v) is 4.05. The second-order valence-corrected chi connectivity index (χ2v) is 8.27. The van der Waals surface area contributed by atoms with Gasteiger partial charge in [-0.2, -0.15) is 0 Å². The number of ether oxygens (including phenoxy) is 2. The third-order valence-electron chi connectivity index (χ3n) is 5.75. The third kappa shape index (κ3) is 10.8. The molecule has 1 saturated heterocycles. The van der Waals surface area contributed by atoms with Gasteiger partial charge < -0.3 is 19.3 Å². The van der Waals surface area contributed by atoms with Crippen molar-refractivity contribution in [3.63, 3.8) is 0 Å². The number of likely N-dealkylation sites (tertiary alicyclic amines) is 1.